The van der Waals surface area contributed by atoms with Crippen molar-refractivity contribution in [1.29, 1.82) is 0 Å². The monoisotopic (exact) mass is 841 g/mol. The molecule has 11 heteroatoms. The highest BCUT2D eigenvalue weighted by Gasteiger charge is 2.47. The number of aliphatic hydroxyl groups is 3. The second-order valence-electron chi connectivity index (χ2n) is 17.0. The highest BCUT2D eigenvalue weighted by Crippen LogP contribution is 2.23. The van der Waals surface area contributed by atoms with Gasteiger partial charge in [-0.25, -0.2) is 4.79 Å². The zero-order chi connectivity index (χ0) is 43.2. The molecule has 1 aliphatic heterocycles. The second-order valence-corrected chi connectivity index (χ2v) is 17.0. The van der Waals surface area contributed by atoms with E-state index in [1.54, 1.807) is 0 Å². The van der Waals surface area contributed by atoms with Crippen LogP contribution in [-0.4, -0.2) is 88.4 Å². The zero-order valence-corrected chi connectivity index (χ0v) is 37.5. The molecular formula is C48H88O11. The predicted molar refractivity (Wildman–Crippen MR) is 234 cm³/mol. The second kappa shape index (κ2) is 38.8. The minimum absolute atomic E-state index is 0.187. The molecule has 0 bridgehead atoms. The predicted octanol–water partition coefficient (Wildman–Crippen LogP) is 10.8. The first-order valence-corrected chi connectivity index (χ1v) is 24.2. The standard InChI is InChI=1S/C48H88O11/c1-3-5-7-9-11-13-15-16-17-18-19-20-21-22-23-24-25-26-27-29-31-33-35-37-42(50)58-40(39-57-48-45(53)43(51)44(52)46(59-48)47(54)55)38-56-41(49)36-34-32-30-28-14-12-10-8-6-4-2/h8,10,40,43-46,48,51-53H,3-7,9,11-39H2,1-2H3,(H,54,55)/b10-8-. The van der Waals surface area contributed by atoms with E-state index in [2.05, 4.69) is 26.0 Å². The summed E-state index contributed by atoms with van der Waals surface area (Å²) in [4.78, 5) is 36.8. The highest BCUT2D eigenvalue weighted by atomic mass is 16.7. The Balaban J connectivity index is 2.25. The van der Waals surface area contributed by atoms with Crippen LogP contribution in [0.4, 0.5) is 0 Å². The lowest BCUT2D eigenvalue weighted by Gasteiger charge is -2.38. The summed E-state index contributed by atoms with van der Waals surface area (Å²) in [6, 6.07) is 0. The Morgan fingerprint density at radius 1 is 0.508 bits per heavy atom. The summed E-state index contributed by atoms with van der Waals surface area (Å²) in [5.74, 6) is -2.44. The van der Waals surface area contributed by atoms with Crippen LogP contribution in [0.2, 0.25) is 0 Å². The Kier molecular flexibility index (Phi) is 36.2. The number of esters is 2. The lowest BCUT2D eigenvalue weighted by Crippen LogP contribution is -2.60. The molecule has 0 spiro atoms. The van der Waals surface area contributed by atoms with Gasteiger partial charge in [0.05, 0.1) is 6.61 Å². The average Bonchev–Trinajstić information content (AvgIpc) is 3.22. The number of carbonyl (C=O) groups is 3. The lowest BCUT2D eigenvalue weighted by atomic mass is 9.99. The van der Waals surface area contributed by atoms with Crippen LogP contribution in [0.15, 0.2) is 12.2 Å². The number of carbonyl (C=O) groups excluding carboxylic acids is 2. The maximum absolute atomic E-state index is 12.8. The number of hydrogen-bond donors (Lipinski definition) is 4. The summed E-state index contributed by atoms with van der Waals surface area (Å²) in [5.41, 5.74) is 0. The molecule has 346 valence electrons. The molecule has 1 rings (SSSR count). The number of rotatable bonds is 41. The Morgan fingerprint density at radius 3 is 1.39 bits per heavy atom. The van der Waals surface area contributed by atoms with Gasteiger partial charge in [-0.2, -0.15) is 0 Å². The highest BCUT2D eigenvalue weighted by molar-refractivity contribution is 5.73. The smallest absolute Gasteiger partial charge is 0.335 e. The molecule has 0 radical (unpaired) electrons. The van der Waals surface area contributed by atoms with Gasteiger partial charge in [0, 0.05) is 12.8 Å². The molecule has 0 aromatic carbocycles. The van der Waals surface area contributed by atoms with Crippen molar-refractivity contribution in [1.82, 2.24) is 0 Å². The fourth-order valence-corrected chi connectivity index (χ4v) is 7.53. The fourth-order valence-electron chi connectivity index (χ4n) is 7.53. The van der Waals surface area contributed by atoms with Gasteiger partial charge in [0.2, 0.25) is 0 Å². The van der Waals surface area contributed by atoms with Gasteiger partial charge in [0.1, 0.15) is 24.9 Å². The number of carboxylic acids is 1. The molecule has 1 saturated heterocycles. The van der Waals surface area contributed by atoms with E-state index in [9.17, 15) is 34.8 Å². The van der Waals surface area contributed by atoms with Crippen molar-refractivity contribution in [3.63, 3.8) is 0 Å². The van der Waals surface area contributed by atoms with Crippen LogP contribution < -0.4 is 0 Å². The van der Waals surface area contributed by atoms with Crippen molar-refractivity contribution < 1.29 is 53.8 Å². The number of carboxylic acid groups (broad SMARTS) is 1. The summed E-state index contributed by atoms with van der Waals surface area (Å²) in [5, 5.41) is 39.8. The molecule has 0 saturated carbocycles. The Labute approximate surface area is 358 Å². The van der Waals surface area contributed by atoms with E-state index in [0.29, 0.717) is 12.8 Å². The van der Waals surface area contributed by atoms with Gasteiger partial charge in [-0.3, -0.25) is 9.59 Å². The van der Waals surface area contributed by atoms with Crippen molar-refractivity contribution in [2.24, 2.45) is 0 Å². The molecule has 59 heavy (non-hydrogen) atoms. The molecule has 0 aromatic heterocycles. The van der Waals surface area contributed by atoms with E-state index < -0.39 is 54.7 Å². The fraction of sp³-hybridized carbons (Fsp3) is 0.896. The molecule has 1 aliphatic rings. The molecule has 0 aromatic rings. The normalized spacial score (nSPS) is 19.9. The average molecular weight is 841 g/mol. The molecular weight excluding hydrogens is 753 g/mol. The number of allylic oxidation sites excluding steroid dienone is 2. The van der Waals surface area contributed by atoms with Gasteiger partial charge in [-0.05, 0) is 32.1 Å². The quantitative estimate of drug-likeness (QED) is 0.0263. The first-order valence-electron chi connectivity index (χ1n) is 24.2. The minimum atomic E-state index is -1.86. The molecule has 1 fully saturated rings. The van der Waals surface area contributed by atoms with Crippen molar-refractivity contribution >= 4 is 17.9 Å². The van der Waals surface area contributed by atoms with Crippen LogP contribution in [0.25, 0.3) is 0 Å². The van der Waals surface area contributed by atoms with Crippen LogP contribution in [0.3, 0.4) is 0 Å². The van der Waals surface area contributed by atoms with E-state index in [0.717, 1.165) is 64.2 Å². The summed E-state index contributed by atoms with van der Waals surface area (Å²) >= 11 is 0. The third-order valence-corrected chi connectivity index (χ3v) is 11.3. The Morgan fingerprint density at radius 2 is 0.932 bits per heavy atom. The first-order chi connectivity index (χ1) is 28.7. The van der Waals surface area contributed by atoms with Crippen molar-refractivity contribution in [2.75, 3.05) is 13.2 Å². The number of ether oxygens (including phenoxy) is 4. The van der Waals surface area contributed by atoms with Crippen LogP contribution in [-0.2, 0) is 33.3 Å². The number of unbranched alkanes of at least 4 members (excludes halogenated alkanes) is 28. The van der Waals surface area contributed by atoms with Crippen LogP contribution in [0, 0.1) is 0 Å². The van der Waals surface area contributed by atoms with Gasteiger partial charge in [0.25, 0.3) is 0 Å². The lowest BCUT2D eigenvalue weighted by molar-refractivity contribution is -0.298. The molecule has 4 N–H and O–H groups in total. The molecule has 0 amide bonds. The largest absolute Gasteiger partial charge is 0.479 e. The zero-order valence-electron chi connectivity index (χ0n) is 37.5. The van der Waals surface area contributed by atoms with E-state index in [1.807, 2.05) is 0 Å². The number of hydrogen-bond acceptors (Lipinski definition) is 10. The topological polar surface area (TPSA) is 169 Å². The van der Waals surface area contributed by atoms with Gasteiger partial charge in [-0.1, -0.05) is 193 Å². The third kappa shape index (κ3) is 30.6. The Hall–Kier alpha value is -2.05. The molecule has 1 heterocycles. The molecule has 0 aliphatic carbocycles. The van der Waals surface area contributed by atoms with E-state index in [1.165, 1.54) is 122 Å². The van der Waals surface area contributed by atoms with Gasteiger partial charge < -0.3 is 39.4 Å². The van der Waals surface area contributed by atoms with Gasteiger partial charge in [-0.15, -0.1) is 0 Å². The molecule has 6 unspecified atom stereocenters. The summed E-state index contributed by atoms with van der Waals surface area (Å²) in [7, 11) is 0. The Bertz CT molecular complexity index is 1040. The molecule has 6 atom stereocenters. The van der Waals surface area contributed by atoms with Crippen LogP contribution >= 0.6 is 0 Å². The SMILES string of the molecule is CCC/C=C\CCCCCCCC(=O)OCC(COC1OC(C(=O)O)C(O)C(O)C1O)OC(=O)CCCCCCCCCCCCCCCCCCCCCCCCC. The van der Waals surface area contributed by atoms with Crippen LogP contribution in [0.1, 0.15) is 226 Å². The first kappa shape index (κ1) is 55.0. The summed E-state index contributed by atoms with van der Waals surface area (Å²) in [6.45, 7) is 3.76. The summed E-state index contributed by atoms with van der Waals surface area (Å²) < 4.78 is 21.7. The van der Waals surface area contributed by atoms with Gasteiger partial charge in [0.15, 0.2) is 18.5 Å². The van der Waals surface area contributed by atoms with E-state index in [4.69, 9.17) is 18.9 Å². The van der Waals surface area contributed by atoms with Crippen molar-refractivity contribution in [3.05, 3.63) is 12.2 Å². The van der Waals surface area contributed by atoms with E-state index >= 15 is 0 Å². The van der Waals surface area contributed by atoms with Gasteiger partial charge >= 0.3 is 17.9 Å². The number of aliphatic carboxylic acids is 1. The van der Waals surface area contributed by atoms with Crippen LogP contribution in [0.5, 0.6) is 0 Å². The maximum Gasteiger partial charge on any atom is 0.335 e. The van der Waals surface area contributed by atoms with Crippen molar-refractivity contribution in [3.8, 4) is 0 Å². The molecule has 11 nitrogen and oxygen atoms in total. The minimum Gasteiger partial charge on any atom is -0.479 e. The third-order valence-electron chi connectivity index (χ3n) is 11.3. The number of aliphatic hydroxyl groups excluding tert-OH is 3. The summed E-state index contributed by atoms with van der Waals surface area (Å²) in [6.07, 6.45) is 32.9. The van der Waals surface area contributed by atoms with E-state index in [-0.39, 0.29) is 26.1 Å². The maximum atomic E-state index is 12.8. The van der Waals surface area contributed by atoms with Crippen molar-refractivity contribution in [2.45, 2.75) is 263 Å².